The van der Waals surface area contributed by atoms with Gasteiger partial charge in [-0.1, -0.05) is 26.8 Å². The number of nitrogens with two attached hydrogens (primary N) is 1. The van der Waals surface area contributed by atoms with Gasteiger partial charge >= 0.3 is 0 Å². The molecule has 0 amide bonds. The van der Waals surface area contributed by atoms with Crippen molar-refractivity contribution in [2.24, 2.45) is 12.8 Å². The monoisotopic (exact) mass is 244 g/mol. The van der Waals surface area contributed by atoms with E-state index in [-0.39, 0.29) is 11.5 Å². The molecule has 0 fully saturated rings. The first-order valence-electron chi connectivity index (χ1n) is 6.58. The van der Waals surface area contributed by atoms with Crippen molar-refractivity contribution in [3.05, 3.63) is 35.0 Å². The predicted octanol–water partition coefficient (Wildman–Crippen LogP) is 3.80. The van der Waals surface area contributed by atoms with Gasteiger partial charge in [0.05, 0.1) is 0 Å². The zero-order chi connectivity index (χ0) is 13.7. The Kier molecular flexibility index (Phi) is 3.02. The van der Waals surface area contributed by atoms with Gasteiger partial charge in [0.15, 0.2) is 0 Å². The van der Waals surface area contributed by atoms with Crippen LogP contribution < -0.4 is 5.73 Å². The lowest BCUT2D eigenvalue weighted by Crippen LogP contribution is -2.11. The third-order valence-corrected chi connectivity index (χ3v) is 3.80. The lowest BCUT2D eigenvalue weighted by molar-refractivity contribution is 0.591. The summed E-state index contributed by atoms with van der Waals surface area (Å²) in [7, 11) is 2.10. The first-order valence-corrected chi connectivity index (χ1v) is 6.58. The fraction of sp³-hybridized carbons (Fsp3) is 0.500. The van der Waals surface area contributed by atoms with E-state index >= 15 is 0 Å². The summed E-state index contributed by atoms with van der Waals surface area (Å²) < 4.78 is 2.22. The molecule has 0 spiro atoms. The molecule has 1 unspecified atom stereocenters. The molecule has 2 heteroatoms. The highest BCUT2D eigenvalue weighted by atomic mass is 15.0. The molecule has 18 heavy (non-hydrogen) atoms. The third-order valence-electron chi connectivity index (χ3n) is 3.80. The molecule has 2 rings (SSSR count). The van der Waals surface area contributed by atoms with Crippen LogP contribution in [0.4, 0.5) is 0 Å². The van der Waals surface area contributed by atoms with Crippen molar-refractivity contribution in [2.75, 3.05) is 0 Å². The Morgan fingerprint density at radius 2 is 1.83 bits per heavy atom. The minimum Gasteiger partial charge on any atom is -0.346 e. The number of fused-ring (bicyclic) bond motifs is 1. The summed E-state index contributed by atoms with van der Waals surface area (Å²) in [5.41, 5.74) is 11.5. The lowest BCUT2D eigenvalue weighted by atomic mass is 9.86. The number of benzene rings is 1. The van der Waals surface area contributed by atoms with Crippen molar-refractivity contribution in [1.82, 2.24) is 4.57 Å². The average Bonchev–Trinajstić information content (AvgIpc) is 2.50. The van der Waals surface area contributed by atoms with E-state index in [9.17, 15) is 0 Å². The molecule has 0 aliphatic rings. The molecule has 0 saturated heterocycles. The zero-order valence-electron chi connectivity index (χ0n) is 12.3. The van der Waals surface area contributed by atoms with Gasteiger partial charge in [-0.15, -0.1) is 0 Å². The van der Waals surface area contributed by atoms with Crippen molar-refractivity contribution in [1.29, 1.82) is 0 Å². The summed E-state index contributed by atoms with van der Waals surface area (Å²) in [5.74, 6) is 0. The maximum atomic E-state index is 6.08. The maximum Gasteiger partial charge on any atom is 0.0483 e. The molecular weight excluding hydrogens is 220 g/mol. The minimum atomic E-state index is 0.0699. The van der Waals surface area contributed by atoms with Crippen molar-refractivity contribution in [3.63, 3.8) is 0 Å². The molecule has 2 nitrogen and oxygen atoms in total. The standard InChI is InChI=1S/C16H24N2/c1-10-13-9-12(16(3,4)5)7-8-14(13)18(6)15(10)11(2)17/h7-9,11H,17H2,1-6H3. The predicted molar refractivity (Wildman–Crippen MR) is 79.0 cm³/mol. The Labute approximate surface area is 110 Å². The molecule has 1 aromatic heterocycles. The summed E-state index contributed by atoms with van der Waals surface area (Å²) in [6.07, 6.45) is 0. The summed E-state index contributed by atoms with van der Waals surface area (Å²) in [5, 5.41) is 1.33. The topological polar surface area (TPSA) is 30.9 Å². The SMILES string of the molecule is Cc1c(C(C)N)n(C)c2ccc(C(C)(C)C)cc12. The van der Waals surface area contributed by atoms with Gasteiger partial charge in [-0.2, -0.15) is 0 Å². The number of hydrogen-bond donors (Lipinski definition) is 1. The maximum absolute atomic E-state index is 6.08. The fourth-order valence-corrected chi connectivity index (χ4v) is 2.76. The van der Waals surface area contributed by atoms with E-state index in [0.29, 0.717) is 0 Å². The molecule has 0 saturated carbocycles. The highest BCUT2D eigenvalue weighted by molar-refractivity contribution is 5.86. The Morgan fingerprint density at radius 3 is 2.33 bits per heavy atom. The second kappa shape index (κ2) is 4.13. The van der Waals surface area contributed by atoms with Crippen LogP contribution in [0.25, 0.3) is 10.9 Å². The van der Waals surface area contributed by atoms with Crippen LogP contribution in [0.5, 0.6) is 0 Å². The molecule has 0 aliphatic heterocycles. The smallest absolute Gasteiger partial charge is 0.0483 e. The van der Waals surface area contributed by atoms with Gasteiger partial charge in [-0.3, -0.25) is 0 Å². The van der Waals surface area contributed by atoms with E-state index in [0.717, 1.165) is 0 Å². The Balaban J connectivity index is 2.76. The van der Waals surface area contributed by atoms with Crippen LogP contribution in [0.3, 0.4) is 0 Å². The molecule has 0 aliphatic carbocycles. The normalized spacial score (nSPS) is 14.2. The van der Waals surface area contributed by atoms with E-state index in [2.05, 4.69) is 57.5 Å². The number of hydrogen-bond acceptors (Lipinski definition) is 1. The van der Waals surface area contributed by atoms with E-state index in [1.807, 2.05) is 6.92 Å². The van der Waals surface area contributed by atoms with Crippen LogP contribution in [0.15, 0.2) is 18.2 Å². The van der Waals surface area contributed by atoms with Crippen molar-refractivity contribution in [3.8, 4) is 0 Å². The lowest BCUT2D eigenvalue weighted by Gasteiger charge is -2.19. The first kappa shape index (κ1) is 13.2. The van der Waals surface area contributed by atoms with E-state index in [1.54, 1.807) is 0 Å². The first-order chi connectivity index (χ1) is 8.23. The van der Waals surface area contributed by atoms with Gasteiger partial charge in [0, 0.05) is 29.7 Å². The molecule has 1 aromatic carbocycles. The number of aromatic nitrogens is 1. The van der Waals surface area contributed by atoms with Crippen LogP contribution in [-0.4, -0.2) is 4.57 Å². The van der Waals surface area contributed by atoms with E-state index in [1.165, 1.54) is 27.7 Å². The molecule has 0 bridgehead atoms. The number of nitrogens with zero attached hydrogens (tertiary/aromatic N) is 1. The molecular formula is C16H24N2. The van der Waals surface area contributed by atoms with E-state index in [4.69, 9.17) is 5.73 Å². The Morgan fingerprint density at radius 1 is 1.22 bits per heavy atom. The second-order valence-electron chi connectivity index (χ2n) is 6.34. The minimum absolute atomic E-state index is 0.0699. The molecule has 1 atom stereocenters. The van der Waals surface area contributed by atoms with Crippen molar-refractivity contribution < 1.29 is 0 Å². The third kappa shape index (κ3) is 1.95. The van der Waals surface area contributed by atoms with Crippen molar-refractivity contribution in [2.45, 2.75) is 46.1 Å². The van der Waals surface area contributed by atoms with E-state index < -0.39 is 0 Å². The summed E-state index contributed by atoms with van der Waals surface area (Å²) >= 11 is 0. The van der Waals surface area contributed by atoms with Gasteiger partial charge in [-0.05, 0) is 42.5 Å². The molecule has 2 aromatic rings. The van der Waals surface area contributed by atoms with Crippen LogP contribution in [-0.2, 0) is 12.5 Å². The van der Waals surface area contributed by atoms with Gasteiger partial charge in [-0.25, -0.2) is 0 Å². The number of rotatable bonds is 1. The number of aryl methyl sites for hydroxylation is 2. The van der Waals surface area contributed by atoms with Gasteiger partial charge in [0.1, 0.15) is 0 Å². The molecule has 0 radical (unpaired) electrons. The summed E-state index contributed by atoms with van der Waals surface area (Å²) in [6, 6.07) is 6.83. The average molecular weight is 244 g/mol. The van der Waals surface area contributed by atoms with Crippen LogP contribution >= 0.6 is 0 Å². The second-order valence-corrected chi connectivity index (χ2v) is 6.34. The largest absolute Gasteiger partial charge is 0.346 e. The van der Waals surface area contributed by atoms with Crippen LogP contribution in [0.1, 0.15) is 50.6 Å². The summed E-state index contributed by atoms with van der Waals surface area (Å²) in [6.45, 7) is 11.0. The Hall–Kier alpha value is -1.28. The molecule has 98 valence electrons. The molecule has 2 N–H and O–H groups in total. The zero-order valence-corrected chi connectivity index (χ0v) is 12.3. The summed E-state index contributed by atoms with van der Waals surface area (Å²) in [4.78, 5) is 0. The van der Waals surface area contributed by atoms with Gasteiger partial charge in [0.2, 0.25) is 0 Å². The highest BCUT2D eigenvalue weighted by Crippen LogP contribution is 2.32. The molecule has 1 heterocycles. The van der Waals surface area contributed by atoms with Gasteiger partial charge in [0.25, 0.3) is 0 Å². The Bertz CT molecular complexity index is 583. The van der Waals surface area contributed by atoms with Crippen molar-refractivity contribution >= 4 is 10.9 Å². The van der Waals surface area contributed by atoms with Crippen LogP contribution in [0.2, 0.25) is 0 Å². The van der Waals surface area contributed by atoms with Crippen LogP contribution in [0, 0.1) is 6.92 Å². The highest BCUT2D eigenvalue weighted by Gasteiger charge is 2.18. The quantitative estimate of drug-likeness (QED) is 0.812. The van der Waals surface area contributed by atoms with Gasteiger partial charge < -0.3 is 10.3 Å². The fourth-order valence-electron chi connectivity index (χ4n) is 2.76.